The van der Waals surface area contributed by atoms with E-state index in [-0.39, 0.29) is 18.1 Å². The van der Waals surface area contributed by atoms with E-state index in [1.165, 1.54) is 6.20 Å². The zero-order chi connectivity index (χ0) is 15.4. The lowest BCUT2D eigenvalue weighted by molar-refractivity contribution is -0.137. The van der Waals surface area contributed by atoms with Crippen LogP contribution in [0.1, 0.15) is 23.0 Å². The number of carbonyl (C=O) groups excluding carboxylic acids is 1. The fraction of sp³-hybridized carbons (Fsp3) is 0.286. The van der Waals surface area contributed by atoms with E-state index in [1.54, 1.807) is 4.90 Å². The summed E-state index contributed by atoms with van der Waals surface area (Å²) in [5.41, 5.74) is 1.95. The van der Waals surface area contributed by atoms with Gasteiger partial charge in [-0.1, -0.05) is 17.3 Å². The van der Waals surface area contributed by atoms with E-state index in [0.717, 1.165) is 15.9 Å². The lowest BCUT2D eigenvalue weighted by Gasteiger charge is -2.20. The SMILES string of the molecule is CCN(C(=O)c1cn(CC(=O)O)nn1)c1cccc(C)c1. The smallest absolute Gasteiger partial charge is 0.325 e. The van der Waals surface area contributed by atoms with Gasteiger partial charge in [0.1, 0.15) is 6.54 Å². The van der Waals surface area contributed by atoms with Crippen molar-refractivity contribution in [1.29, 1.82) is 0 Å². The molecule has 0 atom stereocenters. The molecule has 1 amide bonds. The van der Waals surface area contributed by atoms with E-state index in [2.05, 4.69) is 10.3 Å². The third kappa shape index (κ3) is 3.44. The van der Waals surface area contributed by atoms with Gasteiger partial charge in [-0.05, 0) is 31.5 Å². The summed E-state index contributed by atoms with van der Waals surface area (Å²) in [6.45, 7) is 3.97. The second-order valence-electron chi connectivity index (χ2n) is 4.58. The summed E-state index contributed by atoms with van der Waals surface area (Å²) in [7, 11) is 0. The van der Waals surface area contributed by atoms with Crippen LogP contribution in [0.2, 0.25) is 0 Å². The molecule has 0 aliphatic rings. The quantitative estimate of drug-likeness (QED) is 0.896. The molecule has 0 radical (unpaired) electrons. The fourth-order valence-electron chi connectivity index (χ4n) is 1.99. The summed E-state index contributed by atoms with van der Waals surface area (Å²) in [5.74, 6) is -1.34. The molecule has 1 N–H and O–H groups in total. The second-order valence-corrected chi connectivity index (χ2v) is 4.58. The van der Waals surface area contributed by atoms with Crippen molar-refractivity contribution in [1.82, 2.24) is 15.0 Å². The predicted molar refractivity (Wildman–Crippen MR) is 76.2 cm³/mol. The summed E-state index contributed by atoms with van der Waals surface area (Å²) in [4.78, 5) is 24.6. The van der Waals surface area contributed by atoms with Crippen LogP contribution in [0.15, 0.2) is 30.5 Å². The topological polar surface area (TPSA) is 88.3 Å². The van der Waals surface area contributed by atoms with Gasteiger partial charge < -0.3 is 10.0 Å². The standard InChI is InChI=1S/C14H16N4O3/c1-3-18(11-6-4-5-10(2)7-11)14(21)12-8-17(16-15-12)9-13(19)20/h4-8H,3,9H2,1-2H3,(H,19,20). The molecular weight excluding hydrogens is 272 g/mol. The van der Waals surface area contributed by atoms with Crippen molar-refractivity contribution in [3.05, 3.63) is 41.7 Å². The molecule has 0 spiro atoms. The van der Waals surface area contributed by atoms with Gasteiger partial charge in [-0.2, -0.15) is 0 Å². The van der Waals surface area contributed by atoms with Crippen LogP contribution in [0.4, 0.5) is 5.69 Å². The number of carboxylic acid groups (broad SMARTS) is 1. The number of hydrogen-bond donors (Lipinski definition) is 1. The summed E-state index contributed by atoms with van der Waals surface area (Å²) in [6, 6.07) is 7.58. The maximum absolute atomic E-state index is 12.4. The summed E-state index contributed by atoms with van der Waals surface area (Å²) < 4.78 is 1.12. The van der Waals surface area contributed by atoms with Crippen molar-refractivity contribution in [3.8, 4) is 0 Å². The van der Waals surface area contributed by atoms with Crippen molar-refractivity contribution in [2.75, 3.05) is 11.4 Å². The highest BCUT2D eigenvalue weighted by Gasteiger charge is 2.19. The van der Waals surface area contributed by atoms with Gasteiger partial charge in [-0.15, -0.1) is 5.10 Å². The van der Waals surface area contributed by atoms with E-state index in [1.807, 2.05) is 38.1 Å². The Kier molecular flexibility index (Phi) is 4.32. The Morgan fingerprint density at radius 3 is 2.76 bits per heavy atom. The lowest BCUT2D eigenvalue weighted by atomic mass is 10.2. The van der Waals surface area contributed by atoms with Crippen LogP contribution >= 0.6 is 0 Å². The van der Waals surface area contributed by atoms with Crippen molar-refractivity contribution >= 4 is 17.6 Å². The number of carboxylic acids is 1. The van der Waals surface area contributed by atoms with Crippen LogP contribution in [0.3, 0.4) is 0 Å². The summed E-state index contributed by atoms with van der Waals surface area (Å²) in [5, 5.41) is 16.1. The Hall–Kier alpha value is -2.70. The Bertz CT molecular complexity index is 666. The molecule has 2 aromatic rings. The third-order valence-corrected chi connectivity index (χ3v) is 2.93. The van der Waals surface area contributed by atoms with Crippen LogP contribution in [0.5, 0.6) is 0 Å². The lowest BCUT2D eigenvalue weighted by Crippen LogP contribution is -2.31. The number of nitrogens with zero attached hydrogens (tertiary/aromatic N) is 4. The van der Waals surface area contributed by atoms with E-state index in [4.69, 9.17) is 5.11 Å². The van der Waals surface area contributed by atoms with Crippen LogP contribution in [0.25, 0.3) is 0 Å². The van der Waals surface area contributed by atoms with E-state index in [9.17, 15) is 9.59 Å². The Morgan fingerprint density at radius 1 is 1.38 bits per heavy atom. The van der Waals surface area contributed by atoms with E-state index in [0.29, 0.717) is 6.54 Å². The number of hydrogen-bond acceptors (Lipinski definition) is 4. The molecule has 21 heavy (non-hydrogen) atoms. The Labute approximate surface area is 121 Å². The summed E-state index contributed by atoms with van der Waals surface area (Å²) >= 11 is 0. The van der Waals surface area contributed by atoms with Gasteiger partial charge in [-0.3, -0.25) is 9.59 Å². The first kappa shape index (κ1) is 14.7. The van der Waals surface area contributed by atoms with Gasteiger partial charge in [-0.25, -0.2) is 4.68 Å². The molecule has 0 saturated heterocycles. The van der Waals surface area contributed by atoms with Crippen LogP contribution in [-0.2, 0) is 11.3 Å². The average Bonchev–Trinajstić information content (AvgIpc) is 2.87. The molecule has 7 heteroatoms. The number of aliphatic carboxylic acids is 1. The monoisotopic (exact) mass is 288 g/mol. The molecule has 0 bridgehead atoms. The molecule has 0 unspecified atom stereocenters. The third-order valence-electron chi connectivity index (χ3n) is 2.93. The minimum Gasteiger partial charge on any atom is -0.480 e. The van der Waals surface area contributed by atoms with Gasteiger partial charge in [0.15, 0.2) is 5.69 Å². The van der Waals surface area contributed by atoms with Gasteiger partial charge in [0, 0.05) is 12.2 Å². The van der Waals surface area contributed by atoms with E-state index < -0.39 is 5.97 Å². The number of rotatable bonds is 5. The fourth-order valence-corrected chi connectivity index (χ4v) is 1.99. The maximum Gasteiger partial charge on any atom is 0.325 e. The highest BCUT2D eigenvalue weighted by atomic mass is 16.4. The first-order valence-electron chi connectivity index (χ1n) is 6.51. The zero-order valence-corrected chi connectivity index (χ0v) is 11.9. The molecule has 1 aromatic carbocycles. The Morgan fingerprint density at radius 2 is 2.14 bits per heavy atom. The van der Waals surface area contributed by atoms with Crippen LogP contribution in [0, 0.1) is 6.92 Å². The van der Waals surface area contributed by atoms with Crippen molar-refractivity contribution in [3.63, 3.8) is 0 Å². The van der Waals surface area contributed by atoms with Crippen LogP contribution in [-0.4, -0.2) is 38.5 Å². The number of carbonyl (C=O) groups is 2. The largest absolute Gasteiger partial charge is 0.480 e. The first-order chi connectivity index (χ1) is 10.0. The Balaban J connectivity index is 2.24. The van der Waals surface area contributed by atoms with Gasteiger partial charge >= 0.3 is 5.97 Å². The highest BCUT2D eigenvalue weighted by Crippen LogP contribution is 2.17. The maximum atomic E-state index is 12.4. The summed E-state index contributed by atoms with van der Waals surface area (Å²) in [6.07, 6.45) is 1.34. The normalized spacial score (nSPS) is 10.4. The molecular formula is C14H16N4O3. The number of benzene rings is 1. The zero-order valence-electron chi connectivity index (χ0n) is 11.9. The van der Waals surface area contributed by atoms with Crippen molar-refractivity contribution in [2.24, 2.45) is 0 Å². The molecule has 1 aromatic heterocycles. The molecule has 0 fully saturated rings. The highest BCUT2D eigenvalue weighted by molar-refractivity contribution is 6.04. The molecule has 7 nitrogen and oxygen atoms in total. The molecule has 2 rings (SSSR count). The minimum atomic E-state index is -1.04. The van der Waals surface area contributed by atoms with Crippen molar-refractivity contribution in [2.45, 2.75) is 20.4 Å². The molecule has 0 aliphatic heterocycles. The predicted octanol–water partition coefficient (Wildman–Crippen LogP) is 1.34. The first-order valence-corrected chi connectivity index (χ1v) is 6.51. The second kappa shape index (κ2) is 6.17. The minimum absolute atomic E-state index is 0.125. The molecule has 0 aliphatic carbocycles. The average molecular weight is 288 g/mol. The van der Waals surface area contributed by atoms with Crippen molar-refractivity contribution < 1.29 is 14.7 Å². The number of aromatic nitrogens is 3. The van der Waals surface area contributed by atoms with Crippen LogP contribution < -0.4 is 4.90 Å². The molecule has 110 valence electrons. The number of amides is 1. The van der Waals surface area contributed by atoms with Gasteiger partial charge in [0.05, 0.1) is 6.20 Å². The van der Waals surface area contributed by atoms with Gasteiger partial charge in [0.25, 0.3) is 5.91 Å². The van der Waals surface area contributed by atoms with E-state index >= 15 is 0 Å². The molecule has 1 heterocycles. The molecule has 0 saturated carbocycles. The number of anilines is 1. The van der Waals surface area contributed by atoms with Gasteiger partial charge in [0.2, 0.25) is 0 Å². The number of aryl methyl sites for hydroxylation is 1.